The first kappa shape index (κ1) is 26.2. The maximum absolute atomic E-state index is 13.4. The lowest BCUT2D eigenvalue weighted by atomic mass is 10.1. The zero-order valence-corrected chi connectivity index (χ0v) is 21.0. The Morgan fingerprint density at radius 2 is 1.75 bits per heavy atom. The van der Waals surface area contributed by atoms with Crippen molar-refractivity contribution in [2.75, 3.05) is 26.6 Å². The number of rotatable bonds is 8. The Balaban J connectivity index is 0.00000242. The molecule has 0 aliphatic rings. The van der Waals surface area contributed by atoms with E-state index in [0.717, 1.165) is 16.9 Å². The van der Waals surface area contributed by atoms with E-state index >= 15 is 0 Å². The number of aromatic amines is 1. The van der Waals surface area contributed by atoms with Crippen molar-refractivity contribution in [2.45, 2.75) is 6.18 Å². The average molecular weight is 560 g/mol. The second-order valence-corrected chi connectivity index (χ2v) is 8.00. The van der Waals surface area contributed by atoms with Crippen LogP contribution in [0.2, 0.25) is 0 Å². The summed E-state index contributed by atoms with van der Waals surface area (Å²) in [5, 5.41) is 12.6. The molecule has 4 heterocycles. The molecule has 0 amide bonds. The van der Waals surface area contributed by atoms with Gasteiger partial charge in [-0.25, -0.2) is 24.5 Å². The van der Waals surface area contributed by atoms with Gasteiger partial charge in [-0.1, -0.05) is 0 Å². The fourth-order valence-corrected chi connectivity index (χ4v) is 3.67. The van der Waals surface area contributed by atoms with E-state index in [0.29, 0.717) is 22.7 Å². The van der Waals surface area contributed by atoms with Crippen LogP contribution in [0.3, 0.4) is 0 Å². The number of aromatic nitrogens is 7. The number of nitrogens with zero attached hydrogens (tertiary/aromatic N) is 6. The average Bonchev–Trinajstić information content (AvgIpc) is 3.62. The second kappa shape index (κ2) is 10.4. The minimum Gasteiger partial charge on any atom is -0.497 e. The topological polar surface area (TPSA) is 155 Å². The summed E-state index contributed by atoms with van der Waals surface area (Å²) in [6.07, 6.45) is -0.783. The predicted molar refractivity (Wildman–Crippen MR) is 137 cm³/mol. The number of alkyl halides is 3. The number of benzene rings is 1. The number of pyridine rings is 1. The maximum atomic E-state index is 13.4. The molecule has 0 spiro atoms. The van der Waals surface area contributed by atoms with Crippen molar-refractivity contribution in [3.05, 3.63) is 65.2 Å². The molecule has 0 fully saturated rings. The normalized spacial score (nSPS) is 11.3. The largest absolute Gasteiger partial charge is 0.497 e. The van der Waals surface area contributed by atoms with Gasteiger partial charge in [-0.3, -0.25) is 0 Å². The molecule has 0 atom stereocenters. The van der Waals surface area contributed by atoms with Gasteiger partial charge in [0.25, 0.3) is 5.89 Å². The highest BCUT2D eigenvalue weighted by atomic mass is 19.4. The summed E-state index contributed by atoms with van der Waals surface area (Å²) in [5.41, 5.74) is 0.172. The first-order valence-corrected chi connectivity index (χ1v) is 11.3. The van der Waals surface area contributed by atoms with Crippen LogP contribution < -0.4 is 25.3 Å². The molecule has 4 aromatic heterocycles. The summed E-state index contributed by atoms with van der Waals surface area (Å²) < 4.78 is 61.9. The van der Waals surface area contributed by atoms with E-state index in [1.807, 2.05) is 0 Å². The van der Waals surface area contributed by atoms with Crippen molar-refractivity contribution in [3.63, 3.8) is 0 Å². The summed E-state index contributed by atoms with van der Waals surface area (Å²) in [6.45, 7) is 0. The molecule has 2 N–H and O–H groups in total. The fraction of sp³-hybridized carbons (Fsp3) is 0.167. The number of methoxy groups -OCH3 is 3. The van der Waals surface area contributed by atoms with Crippen molar-refractivity contribution in [3.8, 4) is 45.8 Å². The van der Waals surface area contributed by atoms with Gasteiger partial charge in [-0.15, -0.1) is 5.10 Å². The molecule has 0 saturated carbocycles. The number of H-pyrrole nitrogens is 1. The van der Waals surface area contributed by atoms with Crippen LogP contribution in [-0.2, 0) is 6.18 Å². The van der Waals surface area contributed by atoms with Gasteiger partial charge in [0.15, 0.2) is 11.5 Å². The zero-order valence-electron chi connectivity index (χ0n) is 21.0. The highest BCUT2D eigenvalue weighted by Gasteiger charge is 2.34. The number of halogens is 3. The van der Waals surface area contributed by atoms with Crippen LogP contribution in [-0.4, -0.2) is 56.3 Å². The van der Waals surface area contributed by atoms with E-state index in [9.17, 15) is 18.0 Å². The molecule has 0 aliphatic heterocycles. The summed E-state index contributed by atoms with van der Waals surface area (Å²) in [6, 6.07) is 7.32. The lowest BCUT2D eigenvalue weighted by molar-refractivity contribution is -0.141. The van der Waals surface area contributed by atoms with Crippen LogP contribution in [0.1, 0.15) is 8.55 Å². The Bertz CT molecular complexity index is 1720. The Morgan fingerprint density at radius 3 is 2.35 bits per heavy atom. The number of anilines is 2. The van der Waals surface area contributed by atoms with E-state index in [1.165, 1.54) is 39.8 Å². The van der Waals surface area contributed by atoms with Crippen LogP contribution in [0, 0.1) is 0 Å². The van der Waals surface area contributed by atoms with Gasteiger partial charge in [0.1, 0.15) is 17.1 Å². The number of nitrogens with one attached hydrogen (secondary N) is 2. The Hall–Kier alpha value is -5.41. The summed E-state index contributed by atoms with van der Waals surface area (Å²) in [5.74, 6) is 0.187. The number of hydrogen-bond donors (Lipinski definition) is 2. The van der Waals surface area contributed by atoms with E-state index in [2.05, 4.69) is 35.6 Å². The molecule has 0 bridgehead atoms. The monoisotopic (exact) mass is 560 g/mol. The third kappa shape index (κ3) is 5.27. The smallest absolute Gasteiger partial charge is 0.435 e. The quantitative estimate of drug-likeness (QED) is 0.278. The van der Waals surface area contributed by atoms with Gasteiger partial charge < -0.3 is 23.9 Å². The van der Waals surface area contributed by atoms with Crippen LogP contribution in [0.25, 0.3) is 28.4 Å². The molecule has 210 valence electrons. The van der Waals surface area contributed by atoms with Crippen LogP contribution in [0.4, 0.5) is 24.8 Å². The maximum Gasteiger partial charge on any atom is 0.435 e. The minimum atomic E-state index is -4.68. The van der Waals surface area contributed by atoms with Gasteiger partial charge in [0, 0.05) is 56.5 Å². The SMILES string of the molecule is COc1cc(Nc2ncc(-c3cnc(OC)c(-c4n[nH]c(=O)o4)c3)c(-n3ccc(C(F)(F)F)n3)n2)cc(OC)c1.[HH].[HH]. The molecule has 5 aromatic rings. The second-order valence-electron chi connectivity index (χ2n) is 8.00. The standard InChI is InChI=1S/C24H19F3N8O5.2H2/c1-37-14-7-13(8-15(9-14)38-2)30-22-29-11-17(19(31-22)35-5-4-18(34-35)24(25,26)27)12-6-16(20(39-3)28-10-12)21-32-33-23(36)40-21;;/h4-11H,1-3H3,(H,33,36)(H,29,30,31);2*1H. The molecular weight excluding hydrogens is 537 g/mol. The molecule has 13 nitrogen and oxygen atoms in total. The molecule has 0 aliphatic carbocycles. The van der Waals surface area contributed by atoms with E-state index in [1.54, 1.807) is 18.2 Å². The molecule has 40 heavy (non-hydrogen) atoms. The van der Waals surface area contributed by atoms with Crippen molar-refractivity contribution in [2.24, 2.45) is 0 Å². The third-order valence-electron chi connectivity index (χ3n) is 5.50. The van der Waals surface area contributed by atoms with Crippen molar-refractivity contribution >= 4 is 11.6 Å². The Kier molecular flexibility index (Phi) is 6.81. The molecule has 16 heteroatoms. The molecule has 0 unspecified atom stereocenters. The molecular formula is C24H23F3N8O5. The summed E-state index contributed by atoms with van der Waals surface area (Å²) >= 11 is 0. The highest BCUT2D eigenvalue weighted by Crippen LogP contribution is 2.34. The van der Waals surface area contributed by atoms with Crippen molar-refractivity contribution in [1.82, 2.24) is 34.9 Å². The van der Waals surface area contributed by atoms with Gasteiger partial charge in [-0.05, 0) is 12.1 Å². The highest BCUT2D eigenvalue weighted by molar-refractivity contribution is 5.76. The van der Waals surface area contributed by atoms with E-state index < -0.39 is 17.6 Å². The Labute approximate surface area is 225 Å². The zero-order chi connectivity index (χ0) is 28.4. The van der Waals surface area contributed by atoms with Gasteiger partial charge in [-0.2, -0.15) is 23.3 Å². The van der Waals surface area contributed by atoms with Crippen LogP contribution in [0.5, 0.6) is 17.4 Å². The lowest BCUT2D eigenvalue weighted by Crippen LogP contribution is -2.10. The number of hydrogen-bond acceptors (Lipinski definition) is 11. The molecule has 1 aromatic carbocycles. The van der Waals surface area contributed by atoms with Gasteiger partial charge in [0.2, 0.25) is 11.8 Å². The van der Waals surface area contributed by atoms with Gasteiger partial charge >= 0.3 is 11.9 Å². The first-order chi connectivity index (χ1) is 19.2. The third-order valence-corrected chi connectivity index (χ3v) is 5.50. The predicted octanol–water partition coefficient (Wildman–Crippen LogP) is 4.35. The molecule has 0 saturated heterocycles. The van der Waals surface area contributed by atoms with E-state index in [4.69, 9.17) is 18.6 Å². The van der Waals surface area contributed by atoms with E-state index in [-0.39, 0.29) is 37.5 Å². The summed E-state index contributed by atoms with van der Waals surface area (Å²) in [4.78, 5) is 24.5. The summed E-state index contributed by atoms with van der Waals surface area (Å²) in [7, 11) is 4.34. The van der Waals surface area contributed by atoms with Crippen LogP contribution in [0.15, 0.2) is 58.1 Å². The number of ether oxygens (including phenoxy) is 3. The van der Waals surface area contributed by atoms with Crippen molar-refractivity contribution < 1.29 is 34.7 Å². The molecule has 0 radical (unpaired) electrons. The van der Waals surface area contributed by atoms with Gasteiger partial charge in [0.05, 0.1) is 21.3 Å². The lowest BCUT2D eigenvalue weighted by Gasteiger charge is -2.14. The van der Waals surface area contributed by atoms with Crippen molar-refractivity contribution in [1.29, 1.82) is 0 Å². The minimum absolute atomic E-state index is 0. The first-order valence-electron chi connectivity index (χ1n) is 11.3. The fourth-order valence-electron chi connectivity index (χ4n) is 3.67. The Morgan fingerprint density at radius 1 is 1.00 bits per heavy atom. The molecule has 5 rings (SSSR count). The van der Waals surface area contributed by atoms with Crippen LogP contribution >= 0.6 is 0 Å².